The van der Waals surface area contributed by atoms with Crippen molar-refractivity contribution in [1.29, 1.82) is 0 Å². The lowest BCUT2D eigenvalue weighted by Crippen LogP contribution is -2.18. The highest BCUT2D eigenvalue weighted by Crippen LogP contribution is 2.34. The highest BCUT2D eigenvalue weighted by atomic mass is 16.3. The summed E-state index contributed by atoms with van der Waals surface area (Å²) in [5, 5.41) is 9.53. The molecule has 1 N–H and O–H groups in total. The molecule has 0 amide bonds. The maximum atomic E-state index is 9.53. The molecule has 0 saturated carbocycles. The minimum Gasteiger partial charge on any atom is -0.385 e. The predicted octanol–water partition coefficient (Wildman–Crippen LogP) is 2.67. The fourth-order valence-corrected chi connectivity index (χ4v) is 1.78. The summed E-state index contributed by atoms with van der Waals surface area (Å²) in [5.74, 6) is 0. The third-order valence-corrected chi connectivity index (χ3v) is 2.47. The molecule has 1 aliphatic carbocycles. The topological polar surface area (TPSA) is 20.2 Å². The van der Waals surface area contributed by atoms with Gasteiger partial charge in [0.25, 0.3) is 0 Å². The van der Waals surface area contributed by atoms with Crippen molar-refractivity contribution in [2.75, 3.05) is 0 Å². The Morgan fingerprint density at radius 3 is 2.83 bits per heavy atom. The van der Waals surface area contributed by atoms with Crippen molar-refractivity contribution >= 4 is 0 Å². The molecule has 0 radical (unpaired) electrons. The summed E-state index contributed by atoms with van der Waals surface area (Å²) in [7, 11) is 0. The van der Waals surface area contributed by atoms with Crippen molar-refractivity contribution in [1.82, 2.24) is 0 Å². The molecule has 0 aromatic heterocycles. The first-order chi connectivity index (χ1) is 5.55. The van der Waals surface area contributed by atoms with Crippen molar-refractivity contribution in [2.24, 2.45) is 5.41 Å². The van der Waals surface area contributed by atoms with Gasteiger partial charge in [0.2, 0.25) is 0 Å². The van der Waals surface area contributed by atoms with Crippen molar-refractivity contribution in [3.05, 3.63) is 24.3 Å². The van der Waals surface area contributed by atoms with E-state index >= 15 is 0 Å². The average Bonchev–Trinajstić information content (AvgIpc) is 2.01. The average molecular weight is 166 g/mol. The van der Waals surface area contributed by atoms with E-state index in [0.717, 1.165) is 12.0 Å². The molecule has 0 spiro atoms. The monoisotopic (exact) mass is 166 g/mol. The third kappa shape index (κ3) is 2.21. The van der Waals surface area contributed by atoms with Crippen LogP contribution in [0.5, 0.6) is 0 Å². The van der Waals surface area contributed by atoms with Crippen molar-refractivity contribution in [3.63, 3.8) is 0 Å². The van der Waals surface area contributed by atoms with Crippen LogP contribution in [0, 0.1) is 5.41 Å². The Balaban J connectivity index is 2.76. The Kier molecular flexibility index (Phi) is 2.73. The van der Waals surface area contributed by atoms with E-state index in [9.17, 15) is 5.11 Å². The van der Waals surface area contributed by atoms with Crippen LogP contribution in [0.3, 0.4) is 0 Å². The minimum absolute atomic E-state index is 0.261. The molecule has 0 heterocycles. The van der Waals surface area contributed by atoms with Gasteiger partial charge in [0, 0.05) is 0 Å². The molecule has 12 heavy (non-hydrogen) atoms. The standard InChI is InChI=1S/C11H18O/c1-4-10(12)9-6-5-7-11(2,3)8-9/h4,8,10,12H,1,5-7H2,2-3H3. The van der Waals surface area contributed by atoms with Gasteiger partial charge in [-0.3, -0.25) is 0 Å². The fourth-order valence-electron chi connectivity index (χ4n) is 1.78. The molecule has 0 aromatic rings. The maximum Gasteiger partial charge on any atom is 0.0929 e. The molecule has 1 unspecified atom stereocenters. The molecular formula is C11H18O. The summed E-state index contributed by atoms with van der Waals surface area (Å²) in [6, 6.07) is 0. The SMILES string of the molecule is C=CC(O)C1=CC(C)(C)CCC1. The number of hydrogen-bond donors (Lipinski definition) is 1. The molecule has 0 bridgehead atoms. The smallest absolute Gasteiger partial charge is 0.0929 e. The Morgan fingerprint density at radius 2 is 2.33 bits per heavy atom. The second kappa shape index (κ2) is 3.44. The van der Waals surface area contributed by atoms with Gasteiger partial charge in [0.1, 0.15) is 0 Å². The number of rotatable bonds is 2. The zero-order valence-electron chi connectivity index (χ0n) is 8.01. The van der Waals surface area contributed by atoms with Crippen LogP contribution in [0.15, 0.2) is 24.3 Å². The summed E-state index contributed by atoms with van der Waals surface area (Å²) in [5.41, 5.74) is 1.40. The molecule has 0 saturated heterocycles. The Bertz CT molecular complexity index is 201. The van der Waals surface area contributed by atoms with Gasteiger partial charge in [0.15, 0.2) is 0 Å². The van der Waals surface area contributed by atoms with Gasteiger partial charge in [0.05, 0.1) is 6.10 Å². The molecule has 1 nitrogen and oxygen atoms in total. The van der Waals surface area contributed by atoms with E-state index in [1.807, 2.05) is 0 Å². The van der Waals surface area contributed by atoms with E-state index in [2.05, 4.69) is 26.5 Å². The molecular weight excluding hydrogens is 148 g/mol. The number of hydrogen-bond acceptors (Lipinski definition) is 1. The lowest BCUT2D eigenvalue weighted by Gasteiger charge is -2.28. The third-order valence-electron chi connectivity index (χ3n) is 2.47. The van der Waals surface area contributed by atoms with Crippen LogP contribution in [0.4, 0.5) is 0 Å². The van der Waals surface area contributed by atoms with Gasteiger partial charge in [-0.25, -0.2) is 0 Å². The highest BCUT2D eigenvalue weighted by molar-refractivity contribution is 5.19. The van der Waals surface area contributed by atoms with Crippen LogP contribution >= 0.6 is 0 Å². The zero-order valence-corrected chi connectivity index (χ0v) is 8.01. The molecule has 1 aliphatic rings. The Labute approximate surface area is 74.8 Å². The molecule has 0 fully saturated rings. The van der Waals surface area contributed by atoms with Gasteiger partial charge in [-0.15, -0.1) is 6.58 Å². The van der Waals surface area contributed by atoms with E-state index < -0.39 is 6.10 Å². The lowest BCUT2D eigenvalue weighted by atomic mass is 9.78. The first-order valence-corrected chi connectivity index (χ1v) is 4.57. The van der Waals surface area contributed by atoms with E-state index in [1.54, 1.807) is 6.08 Å². The molecule has 1 rings (SSSR count). The fraction of sp³-hybridized carbons (Fsp3) is 0.636. The Hall–Kier alpha value is -0.560. The van der Waals surface area contributed by atoms with Gasteiger partial charge in [-0.1, -0.05) is 26.0 Å². The highest BCUT2D eigenvalue weighted by Gasteiger charge is 2.22. The second-order valence-electron chi connectivity index (χ2n) is 4.24. The largest absolute Gasteiger partial charge is 0.385 e. The van der Waals surface area contributed by atoms with Gasteiger partial charge >= 0.3 is 0 Å². The van der Waals surface area contributed by atoms with E-state index in [0.29, 0.717) is 0 Å². The second-order valence-corrected chi connectivity index (χ2v) is 4.24. The van der Waals surface area contributed by atoms with E-state index in [1.165, 1.54) is 12.8 Å². The van der Waals surface area contributed by atoms with Crippen LogP contribution in [-0.2, 0) is 0 Å². The number of allylic oxidation sites excluding steroid dienone is 1. The summed E-state index contributed by atoms with van der Waals surface area (Å²) in [6.07, 6.45) is 6.81. The van der Waals surface area contributed by atoms with Crippen molar-refractivity contribution in [3.8, 4) is 0 Å². The Morgan fingerprint density at radius 1 is 1.67 bits per heavy atom. The first kappa shape index (κ1) is 9.53. The summed E-state index contributed by atoms with van der Waals surface area (Å²) in [4.78, 5) is 0. The van der Waals surface area contributed by atoms with Crippen LogP contribution in [-0.4, -0.2) is 11.2 Å². The summed E-state index contributed by atoms with van der Waals surface area (Å²) in [6.45, 7) is 8.01. The van der Waals surface area contributed by atoms with Crippen LogP contribution < -0.4 is 0 Å². The number of aliphatic hydroxyl groups excluding tert-OH is 1. The maximum absolute atomic E-state index is 9.53. The molecule has 0 aliphatic heterocycles. The van der Waals surface area contributed by atoms with E-state index in [4.69, 9.17) is 0 Å². The van der Waals surface area contributed by atoms with Crippen molar-refractivity contribution < 1.29 is 5.11 Å². The minimum atomic E-state index is -0.426. The predicted molar refractivity (Wildman–Crippen MR) is 51.9 cm³/mol. The molecule has 0 aromatic carbocycles. The number of aliphatic hydroxyl groups is 1. The summed E-state index contributed by atoms with van der Waals surface area (Å²) >= 11 is 0. The van der Waals surface area contributed by atoms with Gasteiger partial charge < -0.3 is 5.11 Å². The molecule has 1 heteroatoms. The molecule has 1 atom stereocenters. The van der Waals surface area contributed by atoms with Crippen LogP contribution in [0.25, 0.3) is 0 Å². The molecule has 68 valence electrons. The summed E-state index contributed by atoms with van der Waals surface area (Å²) < 4.78 is 0. The zero-order chi connectivity index (χ0) is 9.19. The first-order valence-electron chi connectivity index (χ1n) is 4.57. The van der Waals surface area contributed by atoms with E-state index in [-0.39, 0.29) is 5.41 Å². The van der Waals surface area contributed by atoms with Crippen molar-refractivity contribution in [2.45, 2.75) is 39.2 Å². The normalized spacial score (nSPS) is 24.4. The lowest BCUT2D eigenvalue weighted by molar-refractivity contribution is 0.243. The quantitative estimate of drug-likeness (QED) is 0.625. The van der Waals surface area contributed by atoms with Crippen LogP contribution in [0.2, 0.25) is 0 Å². The van der Waals surface area contributed by atoms with Crippen LogP contribution in [0.1, 0.15) is 33.1 Å². The van der Waals surface area contributed by atoms with Gasteiger partial charge in [-0.2, -0.15) is 0 Å². The van der Waals surface area contributed by atoms with Gasteiger partial charge in [-0.05, 0) is 30.3 Å².